The minimum atomic E-state index is -0.595. The van der Waals surface area contributed by atoms with Gasteiger partial charge in [0.05, 0.1) is 16.2 Å². The Labute approximate surface area is 227 Å². The minimum Gasteiger partial charge on any atom is -0.455 e. The summed E-state index contributed by atoms with van der Waals surface area (Å²) in [5.41, 5.74) is 1.73. The SMILES string of the molecule is C=CC(=O)C1CCCN(c2ccc3ncnc(Nc4cc(Cl)c(Oc5ccn6ncnc6c5)cc4F)c3n2)C1. The predicted octanol–water partition coefficient (Wildman–Crippen LogP) is 5.37. The van der Waals surface area contributed by atoms with Gasteiger partial charge in [0.1, 0.15) is 41.3 Å². The number of rotatable bonds is 7. The van der Waals surface area contributed by atoms with E-state index in [1.165, 1.54) is 30.9 Å². The summed E-state index contributed by atoms with van der Waals surface area (Å²) in [4.78, 5) is 31.7. The van der Waals surface area contributed by atoms with Crippen LogP contribution in [0.2, 0.25) is 5.02 Å². The number of nitrogens with zero attached hydrogens (tertiary/aromatic N) is 7. The van der Waals surface area contributed by atoms with E-state index in [2.05, 4.69) is 36.8 Å². The Morgan fingerprint density at radius 3 is 2.95 bits per heavy atom. The van der Waals surface area contributed by atoms with Crippen molar-refractivity contribution in [1.29, 1.82) is 0 Å². The van der Waals surface area contributed by atoms with E-state index in [0.717, 1.165) is 19.4 Å². The number of ketones is 1. The molecule has 196 valence electrons. The highest BCUT2D eigenvalue weighted by Crippen LogP contribution is 2.35. The van der Waals surface area contributed by atoms with Crippen molar-refractivity contribution in [3.8, 4) is 11.5 Å². The van der Waals surface area contributed by atoms with Gasteiger partial charge in [-0.2, -0.15) is 5.10 Å². The summed E-state index contributed by atoms with van der Waals surface area (Å²) < 4.78 is 22.6. The average Bonchev–Trinajstić information content (AvgIpc) is 3.43. The van der Waals surface area contributed by atoms with Crippen molar-refractivity contribution in [1.82, 2.24) is 29.5 Å². The van der Waals surface area contributed by atoms with Crippen LogP contribution >= 0.6 is 11.6 Å². The molecule has 0 radical (unpaired) electrons. The van der Waals surface area contributed by atoms with Gasteiger partial charge in [0.15, 0.2) is 17.2 Å². The number of carbonyl (C=O) groups excluding carboxylic acids is 1. The molecule has 1 fully saturated rings. The van der Waals surface area contributed by atoms with E-state index in [1.54, 1.807) is 22.8 Å². The number of hydrogen-bond acceptors (Lipinski definition) is 9. The highest BCUT2D eigenvalue weighted by atomic mass is 35.5. The lowest BCUT2D eigenvalue weighted by molar-refractivity contribution is -0.118. The molecule has 5 aromatic rings. The molecule has 0 aliphatic carbocycles. The molecule has 1 aliphatic heterocycles. The molecule has 5 heterocycles. The summed E-state index contributed by atoms with van der Waals surface area (Å²) in [5, 5.41) is 7.23. The second kappa shape index (κ2) is 10.3. The molecule has 4 aromatic heterocycles. The Morgan fingerprint density at radius 1 is 1.18 bits per heavy atom. The number of pyridine rings is 2. The van der Waals surface area contributed by atoms with Crippen molar-refractivity contribution in [3.63, 3.8) is 0 Å². The zero-order chi connectivity index (χ0) is 26.9. The zero-order valence-electron chi connectivity index (χ0n) is 20.6. The molecule has 0 spiro atoms. The Morgan fingerprint density at radius 2 is 2.08 bits per heavy atom. The van der Waals surface area contributed by atoms with Crippen LogP contribution in [0.1, 0.15) is 12.8 Å². The number of anilines is 3. The summed E-state index contributed by atoms with van der Waals surface area (Å²) in [6.45, 7) is 4.93. The van der Waals surface area contributed by atoms with Gasteiger partial charge < -0.3 is 15.0 Å². The number of aromatic nitrogens is 6. The second-order valence-corrected chi connectivity index (χ2v) is 9.47. The Balaban J connectivity index is 1.27. The van der Waals surface area contributed by atoms with E-state index < -0.39 is 5.82 Å². The number of benzene rings is 1. The van der Waals surface area contributed by atoms with Crippen molar-refractivity contribution >= 4 is 51.4 Å². The molecule has 1 atom stereocenters. The van der Waals surface area contributed by atoms with Crippen LogP contribution in [-0.4, -0.2) is 48.4 Å². The number of fused-ring (bicyclic) bond motifs is 2. The van der Waals surface area contributed by atoms with Crippen LogP contribution in [-0.2, 0) is 4.79 Å². The van der Waals surface area contributed by atoms with Crippen molar-refractivity contribution in [3.05, 3.63) is 78.7 Å². The lowest BCUT2D eigenvalue weighted by atomic mass is 9.94. The first-order chi connectivity index (χ1) is 19.0. The maximum atomic E-state index is 15.2. The molecule has 1 aromatic carbocycles. The maximum absolute atomic E-state index is 15.2. The molecule has 0 saturated carbocycles. The monoisotopic (exact) mass is 544 g/mol. The molecule has 1 aliphatic rings. The van der Waals surface area contributed by atoms with Crippen molar-refractivity contribution in [2.45, 2.75) is 12.8 Å². The Kier molecular flexibility index (Phi) is 6.49. The standard InChI is InChI=1S/C27H22ClFN8O2/c1-2-22(38)16-4-3-8-36(13-16)24-6-5-20-26(35-24)27(32-14-30-20)34-21-11-18(28)23(12-19(21)29)39-17-7-9-37-25(10-17)31-15-33-37/h2,5-7,9-12,14-16H,1,3-4,8,13H2,(H,30,32,34). The quantitative estimate of drug-likeness (QED) is 0.270. The third-order valence-electron chi connectivity index (χ3n) is 6.57. The predicted molar refractivity (Wildman–Crippen MR) is 145 cm³/mol. The smallest absolute Gasteiger partial charge is 0.160 e. The zero-order valence-corrected chi connectivity index (χ0v) is 21.3. The lowest BCUT2D eigenvalue weighted by Crippen LogP contribution is -2.38. The average molecular weight is 545 g/mol. The Bertz CT molecular complexity index is 1730. The van der Waals surface area contributed by atoms with Gasteiger partial charge in [0.25, 0.3) is 0 Å². The fourth-order valence-electron chi connectivity index (χ4n) is 4.60. The molecular weight excluding hydrogens is 523 g/mol. The highest BCUT2D eigenvalue weighted by molar-refractivity contribution is 6.32. The van der Waals surface area contributed by atoms with Crippen LogP contribution in [0, 0.1) is 11.7 Å². The van der Waals surface area contributed by atoms with Gasteiger partial charge in [0.2, 0.25) is 0 Å². The van der Waals surface area contributed by atoms with Gasteiger partial charge in [-0.05, 0) is 43.2 Å². The largest absolute Gasteiger partial charge is 0.455 e. The first kappa shape index (κ1) is 24.7. The number of nitrogens with one attached hydrogen (secondary N) is 1. The maximum Gasteiger partial charge on any atom is 0.160 e. The van der Waals surface area contributed by atoms with Gasteiger partial charge in [-0.25, -0.2) is 28.8 Å². The molecule has 10 nitrogen and oxygen atoms in total. The molecule has 0 amide bonds. The van der Waals surface area contributed by atoms with Crippen molar-refractivity contribution in [2.24, 2.45) is 5.92 Å². The number of hydrogen-bond donors (Lipinski definition) is 1. The van der Waals surface area contributed by atoms with Crippen LogP contribution in [0.4, 0.5) is 21.7 Å². The molecule has 1 N–H and O–H groups in total. The van der Waals surface area contributed by atoms with Crippen LogP contribution in [0.5, 0.6) is 11.5 Å². The fourth-order valence-corrected chi connectivity index (χ4v) is 4.80. The van der Waals surface area contributed by atoms with E-state index in [9.17, 15) is 4.79 Å². The van der Waals surface area contributed by atoms with Gasteiger partial charge in [0, 0.05) is 37.3 Å². The van der Waals surface area contributed by atoms with Crippen molar-refractivity contribution in [2.75, 3.05) is 23.3 Å². The molecule has 12 heteroatoms. The van der Waals surface area contributed by atoms with Gasteiger partial charge in [-0.3, -0.25) is 4.79 Å². The topological polar surface area (TPSA) is 110 Å². The third kappa shape index (κ3) is 4.96. The van der Waals surface area contributed by atoms with Gasteiger partial charge in [-0.1, -0.05) is 18.2 Å². The van der Waals surface area contributed by atoms with E-state index >= 15 is 4.39 Å². The summed E-state index contributed by atoms with van der Waals surface area (Å²) in [6, 6.07) is 9.66. The number of ether oxygens (including phenoxy) is 1. The third-order valence-corrected chi connectivity index (χ3v) is 6.87. The van der Waals surface area contributed by atoms with E-state index in [-0.39, 0.29) is 28.2 Å². The van der Waals surface area contributed by atoms with Crippen LogP contribution in [0.15, 0.2) is 67.9 Å². The summed E-state index contributed by atoms with van der Waals surface area (Å²) in [5.74, 6) is 0.907. The van der Waals surface area contributed by atoms with E-state index in [0.29, 0.717) is 40.6 Å². The second-order valence-electron chi connectivity index (χ2n) is 9.07. The molecule has 1 saturated heterocycles. The van der Waals surface area contributed by atoms with Gasteiger partial charge >= 0.3 is 0 Å². The number of allylic oxidation sites excluding steroid dienone is 1. The summed E-state index contributed by atoms with van der Waals surface area (Å²) >= 11 is 6.46. The van der Waals surface area contributed by atoms with Crippen LogP contribution in [0.3, 0.4) is 0 Å². The number of carbonyl (C=O) groups is 1. The van der Waals surface area contributed by atoms with E-state index in [4.69, 9.17) is 21.3 Å². The minimum absolute atomic E-state index is 0.0324. The van der Waals surface area contributed by atoms with Crippen LogP contribution in [0.25, 0.3) is 16.7 Å². The molecule has 0 bridgehead atoms. The van der Waals surface area contributed by atoms with E-state index in [1.807, 2.05) is 12.1 Å². The fraction of sp³-hybridized carbons (Fsp3) is 0.185. The Hall–Kier alpha value is -4.64. The first-order valence-corrected chi connectivity index (χ1v) is 12.6. The highest BCUT2D eigenvalue weighted by Gasteiger charge is 2.25. The molecular formula is C27H22ClFN8O2. The van der Waals surface area contributed by atoms with Gasteiger partial charge in [-0.15, -0.1) is 0 Å². The normalized spacial score (nSPS) is 15.4. The first-order valence-electron chi connectivity index (χ1n) is 12.2. The van der Waals surface area contributed by atoms with Crippen molar-refractivity contribution < 1.29 is 13.9 Å². The van der Waals surface area contributed by atoms with Crippen LogP contribution < -0.4 is 15.0 Å². The summed E-state index contributed by atoms with van der Waals surface area (Å²) in [6.07, 6.45) is 7.55. The summed E-state index contributed by atoms with van der Waals surface area (Å²) in [7, 11) is 0. The number of piperidine rings is 1. The lowest BCUT2D eigenvalue weighted by Gasteiger charge is -2.32. The molecule has 6 rings (SSSR count). The molecule has 39 heavy (non-hydrogen) atoms. The number of halogens is 2. The molecule has 1 unspecified atom stereocenters.